The maximum atomic E-state index is 10.5. The van der Waals surface area contributed by atoms with Crippen LogP contribution in [0.15, 0.2) is 40.0 Å². The Bertz CT molecular complexity index is 505. The third-order valence-corrected chi connectivity index (χ3v) is 2.52. The largest absolute Gasteiger partial charge is 0.506 e. The average Bonchev–Trinajstić information content (AvgIpc) is 2.17. The summed E-state index contributed by atoms with van der Waals surface area (Å²) < 4.78 is 0.848. The van der Waals surface area contributed by atoms with Gasteiger partial charge in [0.1, 0.15) is 5.75 Å². The number of halogens is 1. The molecule has 2 aromatic carbocycles. The molecule has 4 heteroatoms. The topological polar surface area (TPSA) is 49.7 Å². The molecule has 2 rings (SSSR count). The molecule has 0 amide bonds. The molecule has 0 unspecified atom stereocenters. The minimum atomic E-state index is -0.0920. The van der Waals surface area contributed by atoms with Crippen molar-refractivity contribution < 1.29 is 5.11 Å². The molecule has 1 N–H and O–H groups in total. The van der Waals surface area contributed by atoms with Gasteiger partial charge in [-0.1, -0.05) is 28.1 Å². The Balaban J connectivity index is 2.91. The molecule has 0 aliphatic rings. The summed E-state index contributed by atoms with van der Waals surface area (Å²) in [5.41, 5.74) is 0.0869. The second kappa shape index (κ2) is 3.38. The van der Waals surface area contributed by atoms with E-state index in [1.807, 2.05) is 12.1 Å². The van der Waals surface area contributed by atoms with Crippen LogP contribution in [0.1, 0.15) is 0 Å². The molecule has 0 aliphatic carbocycles. The van der Waals surface area contributed by atoms with Crippen molar-refractivity contribution in [1.29, 1.82) is 0 Å². The fourth-order valence-electron chi connectivity index (χ4n) is 1.36. The first kappa shape index (κ1) is 9.15. The summed E-state index contributed by atoms with van der Waals surface area (Å²) in [5, 5.41) is 13.7. The smallest absolute Gasteiger partial charge is 0.157 e. The molecule has 2 aromatic rings. The fraction of sp³-hybridized carbons (Fsp3) is 0. The van der Waals surface area contributed by atoms with E-state index in [-0.39, 0.29) is 11.4 Å². The molecular formula is C10H6BrNO2. The van der Waals surface area contributed by atoms with Crippen molar-refractivity contribution in [3.05, 3.63) is 39.7 Å². The zero-order valence-electron chi connectivity index (χ0n) is 7.07. The average molecular weight is 252 g/mol. The zero-order valence-corrected chi connectivity index (χ0v) is 8.65. The summed E-state index contributed by atoms with van der Waals surface area (Å²) >= 11 is 3.29. The maximum absolute atomic E-state index is 10.5. The Morgan fingerprint density at radius 2 is 1.93 bits per heavy atom. The molecule has 14 heavy (non-hydrogen) atoms. The predicted molar refractivity (Wildman–Crippen MR) is 58.8 cm³/mol. The van der Waals surface area contributed by atoms with E-state index in [9.17, 15) is 10.0 Å². The van der Waals surface area contributed by atoms with Crippen LogP contribution in [0.5, 0.6) is 5.75 Å². The third kappa shape index (κ3) is 1.37. The minimum Gasteiger partial charge on any atom is -0.506 e. The highest BCUT2D eigenvalue weighted by molar-refractivity contribution is 9.10. The number of fused-ring (bicyclic) bond motifs is 1. The Kier molecular flexibility index (Phi) is 2.21. The Labute approximate surface area is 88.5 Å². The lowest BCUT2D eigenvalue weighted by Gasteiger charge is -2.02. The van der Waals surface area contributed by atoms with E-state index in [1.165, 1.54) is 6.07 Å². The number of nitrogens with zero attached hydrogens (tertiary/aromatic N) is 1. The number of rotatable bonds is 1. The van der Waals surface area contributed by atoms with Crippen molar-refractivity contribution in [2.75, 3.05) is 0 Å². The fourth-order valence-corrected chi connectivity index (χ4v) is 1.72. The molecule has 0 saturated heterocycles. The zero-order chi connectivity index (χ0) is 10.1. The molecule has 70 valence electrons. The van der Waals surface area contributed by atoms with Crippen LogP contribution in [0.3, 0.4) is 0 Å². The van der Waals surface area contributed by atoms with Gasteiger partial charge >= 0.3 is 0 Å². The number of hydrogen-bond acceptors (Lipinski definition) is 3. The summed E-state index contributed by atoms with van der Waals surface area (Å²) in [5.74, 6) is -0.0920. The highest BCUT2D eigenvalue weighted by Gasteiger charge is 2.07. The Morgan fingerprint density at radius 3 is 2.64 bits per heavy atom. The van der Waals surface area contributed by atoms with E-state index in [0.29, 0.717) is 5.39 Å². The Hall–Kier alpha value is -1.42. The van der Waals surface area contributed by atoms with Gasteiger partial charge in [0.15, 0.2) is 5.69 Å². The Morgan fingerprint density at radius 1 is 1.21 bits per heavy atom. The van der Waals surface area contributed by atoms with Crippen LogP contribution in [-0.2, 0) is 0 Å². The van der Waals surface area contributed by atoms with Crippen LogP contribution >= 0.6 is 15.9 Å². The van der Waals surface area contributed by atoms with Crippen LogP contribution in [0.2, 0.25) is 0 Å². The van der Waals surface area contributed by atoms with Crippen molar-refractivity contribution in [1.82, 2.24) is 0 Å². The van der Waals surface area contributed by atoms with Gasteiger partial charge in [-0.2, -0.15) is 0 Å². The van der Waals surface area contributed by atoms with E-state index < -0.39 is 0 Å². The second-order valence-corrected chi connectivity index (χ2v) is 3.81. The van der Waals surface area contributed by atoms with Crippen LogP contribution in [0.4, 0.5) is 5.69 Å². The summed E-state index contributed by atoms with van der Waals surface area (Å²) in [6.07, 6.45) is 0. The van der Waals surface area contributed by atoms with E-state index in [0.717, 1.165) is 9.86 Å². The van der Waals surface area contributed by atoms with Gasteiger partial charge in [0, 0.05) is 9.86 Å². The molecule has 0 radical (unpaired) electrons. The van der Waals surface area contributed by atoms with E-state index >= 15 is 0 Å². The number of benzene rings is 2. The van der Waals surface area contributed by atoms with Gasteiger partial charge in [0.05, 0.1) is 0 Å². The van der Waals surface area contributed by atoms with Gasteiger partial charge in [-0.05, 0) is 28.8 Å². The van der Waals surface area contributed by atoms with Crippen LogP contribution < -0.4 is 0 Å². The van der Waals surface area contributed by atoms with Gasteiger partial charge in [-0.25, -0.2) is 0 Å². The number of aromatic hydroxyl groups is 1. The lowest BCUT2D eigenvalue weighted by Crippen LogP contribution is -1.75. The maximum Gasteiger partial charge on any atom is 0.157 e. The monoisotopic (exact) mass is 251 g/mol. The summed E-state index contributed by atoms with van der Waals surface area (Å²) in [6.45, 7) is 0. The van der Waals surface area contributed by atoms with Crippen LogP contribution in [0, 0.1) is 4.91 Å². The lowest BCUT2D eigenvalue weighted by atomic mass is 10.1. The van der Waals surface area contributed by atoms with Gasteiger partial charge in [-0.15, -0.1) is 4.91 Å². The summed E-state index contributed by atoms with van der Waals surface area (Å²) in [4.78, 5) is 10.5. The molecule has 0 fully saturated rings. The molecule has 0 spiro atoms. The van der Waals surface area contributed by atoms with Crippen LogP contribution in [0.25, 0.3) is 10.8 Å². The van der Waals surface area contributed by atoms with Crippen molar-refractivity contribution in [3.63, 3.8) is 0 Å². The molecule has 0 saturated carbocycles. The first-order chi connectivity index (χ1) is 6.72. The highest BCUT2D eigenvalue weighted by atomic mass is 79.9. The van der Waals surface area contributed by atoms with Gasteiger partial charge in [0.25, 0.3) is 0 Å². The molecule has 0 aliphatic heterocycles. The molecule has 0 aromatic heterocycles. The summed E-state index contributed by atoms with van der Waals surface area (Å²) in [6, 6.07) is 8.69. The standard InChI is InChI=1S/C10H6BrNO2/c11-7-3-1-6-2-4-9(13)10(12-14)8(6)5-7/h1-5,13H. The highest BCUT2D eigenvalue weighted by Crippen LogP contribution is 2.35. The molecule has 0 atom stereocenters. The minimum absolute atomic E-state index is 0.0869. The lowest BCUT2D eigenvalue weighted by molar-refractivity contribution is 0.477. The van der Waals surface area contributed by atoms with Crippen molar-refractivity contribution in [2.45, 2.75) is 0 Å². The predicted octanol–water partition coefficient (Wildman–Crippen LogP) is 3.71. The van der Waals surface area contributed by atoms with Crippen molar-refractivity contribution in [3.8, 4) is 5.75 Å². The molecule has 0 bridgehead atoms. The van der Waals surface area contributed by atoms with Gasteiger partial charge < -0.3 is 5.11 Å². The van der Waals surface area contributed by atoms with E-state index in [1.54, 1.807) is 12.1 Å². The van der Waals surface area contributed by atoms with Gasteiger partial charge in [-0.3, -0.25) is 0 Å². The molecular weight excluding hydrogens is 246 g/mol. The normalized spacial score (nSPS) is 10.4. The van der Waals surface area contributed by atoms with E-state index in [4.69, 9.17) is 0 Å². The van der Waals surface area contributed by atoms with Crippen molar-refractivity contribution in [2.24, 2.45) is 5.18 Å². The SMILES string of the molecule is O=Nc1c(O)ccc2ccc(Br)cc12. The third-order valence-electron chi connectivity index (χ3n) is 2.03. The first-order valence-electron chi connectivity index (χ1n) is 3.97. The molecule has 0 heterocycles. The number of phenolic OH excluding ortho intramolecular Hbond substituents is 1. The van der Waals surface area contributed by atoms with E-state index in [2.05, 4.69) is 21.1 Å². The molecule has 3 nitrogen and oxygen atoms in total. The quantitative estimate of drug-likeness (QED) is 0.786. The second-order valence-electron chi connectivity index (χ2n) is 2.89. The number of phenols is 1. The number of hydrogen-bond donors (Lipinski definition) is 1. The first-order valence-corrected chi connectivity index (χ1v) is 4.76. The summed E-state index contributed by atoms with van der Waals surface area (Å²) in [7, 11) is 0. The van der Waals surface area contributed by atoms with Crippen LogP contribution in [-0.4, -0.2) is 5.11 Å². The number of nitroso groups, excluding NO2 is 1. The van der Waals surface area contributed by atoms with Gasteiger partial charge in [0.2, 0.25) is 0 Å². The van der Waals surface area contributed by atoms with Crippen molar-refractivity contribution >= 4 is 32.4 Å².